The van der Waals surface area contributed by atoms with Gasteiger partial charge < -0.3 is 15.0 Å². The molecule has 0 amide bonds. The Hall–Kier alpha value is -0.770. The number of morpholine rings is 1. The summed E-state index contributed by atoms with van der Waals surface area (Å²) in [6.45, 7) is 8.87. The number of ether oxygens (including phenoxy) is 1. The first kappa shape index (κ1) is 14.6. The van der Waals surface area contributed by atoms with Crippen LogP contribution in [0.2, 0.25) is 5.02 Å². The van der Waals surface area contributed by atoms with E-state index in [4.69, 9.17) is 16.3 Å². The second kappa shape index (κ2) is 5.70. The maximum absolute atomic E-state index is 6.45. The molecule has 0 aliphatic carbocycles. The first-order chi connectivity index (χ1) is 8.93. The zero-order chi connectivity index (χ0) is 14.0. The number of rotatable bonds is 3. The highest BCUT2D eigenvalue weighted by molar-refractivity contribution is 6.33. The lowest BCUT2D eigenvalue weighted by molar-refractivity contribution is -0.0276. The van der Waals surface area contributed by atoms with E-state index in [2.05, 4.69) is 49.2 Å². The number of nitrogens with zero attached hydrogens (tertiary/aromatic N) is 1. The van der Waals surface area contributed by atoms with Gasteiger partial charge in [-0.1, -0.05) is 17.7 Å². The SMILES string of the molecule is CNC(C)c1ccc(N2CCOC(C)(C)C2)c(Cl)c1. The van der Waals surface area contributed by atoms with Crippen LogP contribution in [-0.2, 0) is 4.74 Å². The van der Waals surface area contributed by atoms with Crippen LogP contribution in [0.4, 0.5) is 5.69 Å². The van der Waals surface area contributed by atoms with Crippen molar-refractivity contribution in [2.24, 2.45) is 0 Å². The molecule has 4 heteroatoms. The van der Waals surface area contributed by atoms with Crippen molar-refractivity contribution < 1.29 is 4.74 Å². The molecule has 1 aliphatic rings. The van der Waals surface area contributed by atoms with Gasteiger partial charge in [-0.05, 0) is 45.5 Å². The molecule has 1 fully saturated rings. The van der Waals surface area contributed by atoms with Crippen molar-refractivity contribution >= 4 is 17.3 Å². The molecular weight excluding hydrogens is 260 g/mol. The molecule has 3 nitrogen and oxygen atoms in total. The largest absolute Gasteiger partial charge is 0.372 e. The van der Waals surface area contributed by atoms with Crippen molar-refractivity contribution in [3.8, 4) is 0 Å². The summed E-state index contributed by atoms with van der Waals surface area (Å²) in [5.74, 6) is 0. The van der Waals surface area contributed by atoms with Gasteiger partial charge in [0, 0.05) is 19.1 Å². The summed E-state index contributed by atoms with van der Waals surface area (Å²) in [6.07, 6.45) is 0. The van der Waals surface area contributed by atoms with E-state index >= 15 is 0 Å². The second-order valence-corrected chi connectivity index (χ2v) is 6.16. The number of anilines is 1. The minimum atomic E-state index is -0.113. The van der Waals surface area contributed by atoms with Gasteiger partial charge in [0.1, 0.15) is 0 Å². The van der Waals surface area contributed by atoms with E-state index in [1.807, 2.05) is 7.05 Å². The fourth-order valence-electron chi connectivity index (χ4n) is 2.44. The Labute approximate surface area is 120 Å². The summed E-state index contributed by atoms with van der Waals surface area (Å²) in [7, 11) is 1.96. The highest BCUT2D eigenvalue weighted by atomic mass is 35.5. The fraction of sp³-hybridized carbons (Fsp3) is 0.600. The van der Waals surface area contributed by atoms with Crippen LogP contribution in [0.15, 0.2) is 18.2 Å². The van der Waals surface area contributed by atoms with Crippen molar-refractivity contribution in [3.63, 3.8) is 0 Å². The zero-order valence-electron chi connectivity index (χ0n) is 12.2. The van der Waals surface area contributed by atoms with Gasteiger partial charge in [0.05, 0.1) is 22.9 Å². The molecule has 2 rings (SSSR count). The van der Waals surface area contributed by atoms with Crippen molar-refractivity contribution in [1.82, 2.24) is 5.32 Å². The topological polar surface area (TPSA) is 24.5 Å². The summed E-state index contributed by atoms with van der Waals surface area (Å²) in [4.78, 5) is 2.31. The molecule has 1 aromatic rings. The minimum absolute atomic E-state index is 0.113. The van der Waals surface area contributed by atoms with Crippen LogP contribution in [0, 0.1) is 0 Å². The van der Waals surface area contributed by atoms with Crippen LogP contribution in [0.3, 0.4) is 0 Å². The Morgan fingerprint density at radius 3 is 2.74 bits per heavy atom. The van der Waals surface area contributed by atoms with Crippen LogP contribution < -0.4 is 10.2 Å². The molecule has 106 valence electrons. The highest BCUT2D eigenvalue weighted by Crippen LogP contribution is 2.31. The van der Waals surface area contributed by atoms with Crippen molar-refractivity contribution in [2.75, 3.05) is 31.6 Å². The van der Waals surface area contributed by atoms with E-state index in [-0.39, 0.29) is 5.60 Å². The Kier molecular flexibility index (Phi) is 4.39. The Balaban J connectivity index is 2.21. The second-order valence-electron chi connectivity index (χ2n) is 5.75. The number of hydrogen-bond acceptors (Lipinski definition) is 3. The van der Waals surface area contributed by atoms with E-state index < -0.39 is 0 Å². The molecule has 1 atom stereocenters. The van der Waals surface area contributed by atoms with Gasteiger partial charge in [-0.25, -0.2) is 0 Å². The quantitative estimate of drug-likeness (QED) is 0.921. The minimum Gasteiger partial charge on any atom is -0.372 e. The molecule has 0 saturated carbocycles. The molecule has 0 bridgehead atoms. The van der Waals surface area contributed by atoms with Gasteiger partial charge in [-0.2, -0.15) is 0 Å². The number of hydrogen-bond donors (Lipinski definition) is 1. The third-order valence-electron chi connectivity index (χ3n) is 3.67. The van der Waals surface area contributed by atoms with E-state index in [0.717, 1.165) is 30.4 Å². The average Bonchev–Trinajstić information content (AvgIpc) is 2.36. The molecule has 1 aliphatic heterocycles. The third kappa shape index (κ3) is 3.41. The zero-order valence-corrected chi connectivity index (χ0v) is 12.9. The molecule has 0 radical (unpaired) electrons. The number of halogens is 1. The molecule has 0 spiro atoms. The molecular formula is C15H23ClN2O. The van der Waals surface area contributed by atoms with Crippen LogP contribution in [0.25, 0.3) is 0 Å². The average molecular weight is 283 g/mol. The van der Waals surface area contributed by atoms with Crippen LogP contribution in [-0.4, -0.2) is 32.3 Å². The predicted molar refractivity (Wildman–Crippen MR) is 81.2 cm³/mol. The number of benzene rings is 1. The lowest BCUT2D eigenvalue weighted by Crippen LogP contribution is -2.48. The predicted octanol–water partition coefficient (Wildman–Crippen LogP) is 3.24. The monoisotopic (exact) mass is 282 g/mol. The molecule has 1 N–H and O–H groups in total. The van der Waals surface area contributed by atoms with Crippen molar-refractivity contribution in [3.05, 3.63) is 28.8 Å². The van der Waals surface area contributed by atoms with E-state index in [9.17, 15) is 0 Å². The summed E-state index contributed by atoms with van der Waals surface area (Å²) in [6, 6.07) is 6.63. The molecule has 1 unspecified atom stereocenters. The number of nitrogens with one attached hydrogen (secondary N) is 1. The Morgan fingerprint density at radius 1 is 1.42 bits per heavy atom. The van der Waals surface area contributed by atoms with Gasteiger partial charge in [-0.3, -0.25) is 0 Å². The lowest BCUT2D eigenvalue weighted by atomic mass is 10.0. The maximum atomic E-state index is 6.45. The van der Waals surface area contributed by atoms with Gasteiger partial charge in [0.15, 0.2) is 0 Å². The summed E-state index contributed by atoms with van der Waals surface area (Å²) in [5.41, 5.74) is 2.20. The van der Waals surface area contributed by atoms with E-state index in [0.29, 0.717) is 6.04 Å². The normalized spacial score (nSPS) is 20.4. The summed E-state index contributed by atoms with van der Waals surface area (Å²) < 4.78 is 5.74. The summed E-state index contributed by atoms with van der Waals surface area (Å²) in [5, 5.41) is 4.05. The molecule has 1 aromatic carbocycles. The van der Waals surface area contributed by atoms with Gasteiger partial charge in [0.2, 0.25) is 0 Å². The van der Waals surface area contributed by atoms with Crippen molar-refractivity contribution in [1.29, 1.82) is 0 Å². The maximum Gasteiger partial charge on any atom is 0.0801 e. The fourth-order valence-corrected chi connectivity index (χ4v) is 2.75. The molecule has 0 aromatic heterocycles. The van der Waals surface area contributed by atoms with Gasteiger partial charge in [0.25, 0.3) is 0 Å². The van der Waals surface area contributed by atoms with Gasteiger partial charge >= 0.3 is 0 Å². The smallest absolute Gasteiger partial charge is 0.0801 e. The van der Waals surface area contributed by atoms with Crippen LogP contribution >= 0.6 is 11.6 Å². The molecule has 1 heterocycles. The Bertz CT molecular complexity index is 448. The molecule has 1 saturated heterocycles. The van der Waals surface area contributed by atoms with Crippen molar-refractivity contribution in [2.45, 2.75) is 32.4 Å². The molecule has 19 heavy (non-hydrogen) atoms. The summed E-state index contributed by atoms with van der Waals surface area (Å²) >= 11 is 6.45. The first-order valence-electron chi connectivity index (χ1n) is 6.78. The highest BCUT2D eigenvalue weighted by Gasteiger charge is 2.28. The standard InChI is InChI=1S/C15H23ClN2O/c1-11(17-4)12-5-6-14(13(16)9-12)18-7-8-19-15(2,3)10-18/h5-6,9,11,17H,7-8,10H2,1-4H3. The lowest BCUT2D eigenvalue weighted by Gasteiger charge is -2.39. The first-order valence-corrected chi connectivity index (χ1v) is 7.16. The van der Waals surface area contributed by atoms with E-state index in [1.54, 1.807) is 0 Å². The van der Waals surface area contributed by atoms with Crippen LogP contribution in [0.1, 0.15) is 32.4 Å². The van der Waals surface area contributed by atoms with E-state index in [1.165, 1.54) is 5.56 Å². The third-order valence-corrected chi connectivity index (χ3v) is 3.97. The van der Waals surface area contributed by atoms with Crippen LogP contribution in [0.5, 0.6) is 0 Å². The Morgan fingerprint density at radius 2 is 2.16 bits per heavy atom. The van der Waals surface area contributed by atoms with Gasteiger partial charge in [-0.15, -0.1) is 0 Å².